The van der Waals surface area contributed by atoms with E-state index in [1.807, 2.05) is 0 Å². The minimum absolute atomic E-state index is 0.0775. The molecule has 0 spiro atoms. The summed E-state index contributed by atoms with van der Waals surface area (Å²) < 4.78 is 10.9. The molecule has 0 unspecified atom stereocenters. The van der Waals surface area contributed by atoms with Gasteiger partial charge in [0, 0.05) is 28.0 Å². The summed E-state index contributed by atoms with van der Waals surface area (Å²) in [6, 6.07) is 13.5. The van der Waals surface area contributed by atoms with E-state index >= 15 is 0 Å². The van der Waals surface area contributed by atoms with Crippen molar-refractivity contribution < 1.29 is 19.1 Å². The van der Waals surface area contributed by atoms with Gasteiger partial charge in [-0.15, -0.1) is 0 Å². The molecule has 166 valence electrons. The number of hydrogen-bond acceptors (Lipinski definition) is 5. The minimum atomic E-state index is -0.648. The molecule has 2 aromatic rings. The van der Waals surface area contributed by atoms with Gasteiger partial charge in [-0.3, -0.25) is 15.5 Å². The molecule has 1 atom stereocenters. The molecule has 1 saturated heterocycles. The molecular weight excluding hydrogens is 441 g/mol. The highest BCUT2D eigenvalue weighted by Crippen LogP contribution is 2.17. The van der Waals surface area contributed by atoms with Gasteiger partial charge in [-0.05, 0) is 62.3 Å². The van der Waals surface area contributed by atoms with Gasteiger partial charge in [0.05, 0.1) is 0 Å². The van der Waals surface area contributed by atoms with Gasteiger partial charge in [-0.25, -0.2) is 9.59 Å². The number of nitrogens with zero attached hydrogens (tertiary/aromatic N) is 1. The molecule has 0 radical (unpaired) electrons. The second kappa shape index (κ2) is 11.8. The summed E-state index contributed by atoms with van der Waals surface area (Å²) in [5.74, 6) is 0. The van der Waals surface area contributed by atoms with Gasteiger partial charge < -0.3 is 9.47 Å². The van der Waals surface area contributed by atoms with Crippen LogP contribution in [0.1, 0.15) is 19.3 Å². The fraction of sp³-hybridized carbons (Fsp3) is 0.364. The third-order valence-electron chi connectivity index (χ3n) is 4.73. The Labute approximate surface area is 191 Å². The lowest BCUT2D eigenvalue weighted by atomic mass is 10.1. The van der Waals surface area contributed by atoms with E-state index in [0.29, 0.717) is 28.0 Å². The molecule has 9 heteroatoms. The number of anilines is 2. The number of hydrogen-bond donors (Lipinski definition) is 2. The molecule has 2 N–H and O–H groups in total. The van der Waals surface area contributed by atoms with Crippen LogP contribution in [0.2, 0.25) is 10.0 Å². The number of carbonyl (C=O) groups excluding carboxylic acids is 2. The topological polar surface area (TPSA) is 79.9 Å². The number of amides is 2. The number of benzene rings is 2. The molecule has 31 heavy (non-hydrogen) atoms. The fourth-order valence-corrected chi connectivity index (χ4v) is 3.69. The maximum Gasteiger partial charge on any atom is 0.412 e. The summed E-state index contributed by atoms with van der Waals surface area (Å²) in [6.07, 6.45) is 1.47. The Bertz CT molecular complexity index is 891. The first kappa shape index (κ1) is 23.2. The van der Waals surface area contributed by atoms with Gasteiger partial charge in [0.1, 0.15) is 6.61 Å². The maximum atomic E-state index is 12.4. The normalized spacial score (nSPS) is 15.0. The standard InChI is InChI=1S/C22H25Cl2N3O4/c23-16-6-4-8-18(12-16)25-21(28)30-15-20(14-27-10-2-1-3-11-27)31-22(29)26-19-9-5-7-17(24)13-19/h4-9,12-13,20H,1-3,10-11,14-15H2,(H,25,28)(H,26,29)/t20-/m1/s1. The largest absolute Gasteiger partial charge is 0.445 e. The first-order chi connectivity index (χ1) is 15.0. The first-order valence-corrected chi connectivity index (χ1v) is 10.9. The number of halogens is 2. The summed E-state index contributed by atoms with van der Waals surface area (Å²) in [5.41, 5.74) is 1.04. The van der Waals surface area contributed by atoms with Crippen LogP contribution in [0.15, 0.2) is 48.5 Å². The van der Waals surface area contributed by atoms with Gasteiger partial charge >= 0.3 is 12.2 Å². The molecule has 1 fully saturated rings. The molecule has 2 amide bonds. The van der Waals surface area contributed by atoms with Crippen molar-refractivity contribution in [3.8, 4) is 0 Å². The van der Waals surface area contributed by atoms with Gasteiger partial charge in [0.15, 0.2) is 6.10 Å². The summed E-state index contributed by atoms with van der Waals surface area (Å²) in [7, 11) is 0. The third kappa shape index (κ3) is 8.28. The van der Waals surface area contributed by atoms with Crippen LogP contribution in [0.25, 0.3) is 0 Å². The first-order valence-electron chi connectivity index (χ1n) is 10.1. The molecule has 0 saturated carbocycles. The lowest BCUT2D eigenvalue weighted by molar-refractivity contribution is 0.0299. The van der Waals surface area contributed by atoms with Crippen molar-refractivity contribution in [2.24, 2.45) is 0 Å². The average molecular weight is 466 g/mol. The maximum absolute atomic E-state index is 12.4. The Morgan fingerprint density at radius 1 is 0.903 bits per heavy atom. The Hall–Kier alpha value is -2.48. The predicted molar refractivity (Wildman–Crippen MR) is 122 cm³/mol. The fourth-order valence-electron chi connectivity index (χ4n) is 3.31. The summed E-state index contributed by atoms with van der Waals surface area (Å²) in [5, 5.41) is 6.27. The number of piperidine rings is 1. The Balaban J connectivity index is 1.55. The zero-order chi connectivity index (χ0) is 22.1. The van der Waals surface area contributed by atoms with Crippen molar-refractivity contribution in [1.82, 2.24) is 4.90 Å². The quantitative estimate of drug-likeness (QED) is 0.552. The van der Waals surface area contributed by atoms with Gasteiger partial charge in [-0.2, -0.15) is 0 Å². The zero-order valence-electron chi connectivity index (χ0n) is 17.0. The SMILES string of the molecule is O=C(Nc1cccc(Cl)c1)OC[C@@H](CN1CCCCC1)OC(=O)Nc1cccc(Cl)c1. The van der Waals surface area contributed by atoms with Gasteiger partial charge in [-0.1, -0.05) is 41.8 Å². The van der Waals surface area contributed by atoms with Crippen LogP contribution in [0.3, 0.4) is 0 Å². The van der Waals surface area contributed by atoms with E-state index in [1.54, 1.807) is 48.5 Å². The third-order valence-corrected chi connectivity index (χ3v) is 5.20. The highest BCUT2D eigenvalue weighted by molar-refractivity contribution is 6.31. The number of rotatable bonds is 7. The summed E-state index contributed by atoms with van der Waals surface area (Å²) >= 11 is 11.9. The van der Waals surface area contributed by atoms with E-state index in [2.05, 4.69) is 15.5 Å². The molecule has 3 rings (SSSR count). The van der Waals surface area contributed by atoms with Crippen molar-refractivity contribution in [2.45, 2.75) is 25.4 Å². The molecule has 1 heterocycles. The van der Waals surface area contributed by atoms with Crippen LogP contribution in [-0.4, -0.2) is 49.4 Å². The molecular formula is C22H25Cl2N3O4. The van der Waals surface area contributed by atoms with Crippen LogP contribution in [0.5, 0.6) is 0 Å². The number of likely N-dealkylation sites (tertiary alicyclic amines) is 1. The molecule has 1 aliphatic rings. The summed E-state index contributed by atoms with van der Waals surface area (Å²) in [6.45, 7) is 2.24. The molecule has 1 aliphatic heterocycles. The van der Waals surface area contributed by atoms with Gasteiger partial charge in [0.25, 0.3) is 0 Å². The molecule has 2 aromatic carbocycles. The number of ether oxygens (including phenoxy) is 2. The monoisotopic (exact) mass is 465 g/mol. The van der Waals surface area contributed by atoms with E-state index in [-0.39, 0.29) is 6.61 Å². The Morgan fingerprint density at radius 2 is 1.48 bits per heavy atom. The molecule has 0 aromatic heterocycles. The molecule has 7 nitrogen and oxygen atoms in total. The average Bonchev–Trinajstić information content (AvgIpc) is 2.73. The molecule has 0 bridgehead atoms. The zero-order valence-corrected chi connectivity index (χ0v) is 18.5. The van der Waals surface area contributed by atoms with Crippen LogP contribution >= 0.6 is 23.2 Å². The second-order valence-electron chi connectivity index (χ2n) is 7.26. The van der Waals surface area contributed by atoms with E-state index in [0.717, 1.165) is 25.9 Å². The van der Waals surface area contributed by atoms with Crippen LogP contribution in [0, 0.1) is 0 Å². The van der Waals surface area contributed by atoms with Crippen molar-refractivity contribution in [1.29, 1.82) is 0 Å². The smallest absolute Gasteiger partial charge is 0.412 e. The number of nitrogens with one attached hydrogen (secondary N) is 2. The van der Waals surface area contributed by atoms with E-state index < -0.39 is 18.3 Å². The van der Waals surface area contributed by atoms with Crippen molar-refractivity contribution in [3.63, 3.8) is 0 Å². The van der Waals surface area contributed by atoms with Crippen molar-refractivity contribution in [2.75, 3.05) is 36.9 Å². The van der Waals surface area contributed by atoms with Crippen LogP contribution < -0.4 is 10.6 Å². The van der Waals surface area contributed by atoms with E-state index in [9.17, 15) is 9.59 Å². The number of carbonyl (C=O) groups is 2. The summed E-state index contributed by atoms with van der Waals surface area (Å²) in [4.78, 5) is 26.8. The highest BCUT2D eigenvalue weighted by atomic mass is 35.5. The predicted octanol–water partition coefficient (Wildman–Crippen LogP) is 5.65. The van der Waals surface area contributed by atoms with Crippen LogP contribution in [-0.2, 0) is 9.47 Å². The lowest BCUT2D eigenvalue weighted by Gasteiger charge is -2.30. The van der Waals surface area contributed by atoms with Gasteiger partial charge in [0.2, 0.25) is 0 Å². The minimum Gasteiger partial charge on any atom is -0.445 e. The highest BCUT2D eigenvalue weighted by Gasteiger charge is 2.22. The van der Waals surface area contributed by atoms with Crippen molar-refractivity contribution in [3.05, 3.63) is 58.6 Å². The molecule has 0 aliphatic carbocycles. The Kier molecular flexibility index (Phi) is 8.82. The Morgan fingerprint density at radius 3 is 2.06 bits per heavy atom. The van der Waals surface area contributed by atoms with Crippen LogP contribution in [0.4, 0.5) is 21.0 Å². The lowest BCUT2D eigenvalue weighted by Crippen LogP contribution is -2.41. The second-order valence-corrected chi connectivity index (χ2v) is 8.13. The van der Waals surface area contributed by atoms with E-state index in [4.69, 9.17) is 32.7 Å². The van der Waals surface area contributed by atoms with Crippen molar-refractivity contribution >= 4 is 46.8 Å². The van der Waals surface area contributed by atoms with E-state index in [1.165, 1.54) is 6.42 Å².